The van der Waals surface area contributed by atoms with Gasteiger partial charge in [-0.3, -0.25) is 0 Å². The van der Waals surface area contributed by atoms with Gasteiger partial charge in [0.1, 0.15) is 0 Å². The fourth-order valence-corrected chi connectivity index (χ4v) is 3.16. The molecule has 0 heteroatoms. The van der Waals surface area contributed by atoms with Crippen molar-refractivity contribution in [2.75, 3.05) is 0 Å². The highest BCUT2D eigenvalue weighted by Gasteiger charge is 2.09. The minimum Gasteiger partial charge on any atom is -0.0853 e. The number of hydrogen-bond donors (Lipinski definition) is 0. The lowest BCUT2D eigenvalue weighted by atomic mass is 9.88. The van der Waals surface area contributed by atoms with E-state index in [1.807, 2.05) is 0 Å². The molecular formula is C21H42. The van der Waals surface area contributed by atoms with Gasteiger partial charge in [0, 0.05) is 0 Å². The molecular weight excluding hydrogens is 252 g/mol. The second-order valence-corrected chi connectivity index (χ2v) is 6.80. The lowest BCUT2D eigenvalue weighted by Crippen LogP contribution is -2.02. The van der Waals surface area contributed by atoms with Crippen LogP contribution < -0.4 is 0 Å². The molecule has 0 aliphatic carbocycles. The topological polar surface area (TPSA) is 0 Å². The Kier molecular flexibility index (Phi) is 15.9. The second kappa shape index (κ2) is 16.1. The zero-order chi connectivity index (χ0) is 15.8. The number of unbranched alkanes of at least 4 members (excludes halogenated alkanes) is 5. The van der Waals surface area contributed by atoms with E-state index in [1.54, 1.807) is 5.57 Å². The van der Waals surface area contributed by atoms with Gasteiger partial charge in [-0.25, -0.2) is 0 Å². The van der Waals surface area contributed by atoms with Crippen LogP contribution in [0.15, 0.2) is 11.6 Å². The summed E-state index contributed by atoms with van der Waals surface area (Å²) < 4.78 is 0. The lowest BCUT2D eigenvalue weighted by Gasteiger charge is -2.17. The third-order valence-corrected chi connectivity index (χ3v) is 4.62. The van der Waals surface area contributed by atoms with Crippen molar-refractivity contribution in [1.82, 2.24) is 0 Å². The molecule has 1 atom stereocenters. The van der Waals surface area contributed by atoms with Gasteiger partial charge in [-0.2, -0.15) is 0 Å². The summed E-state index contributed by atoms with van der Waals surface area (Å²) in [6.07, 6.45) is 22.0. The maximum Gasteiger partial charge on any atom is -0.0318 e. The highest BCUT2D eigenvalue weighted by Crippen LogP contribution is 2.25. The maximum atomic E-state index is 2.57. The molecule has 0 N–H and O–H groups in total. The first kappa shape index (κ1) is 20.7. The summed E-state index contributed by atoms with van der Waals surface area (Å²) in [5.41, 5.74) is 1.75. The van der Waals surface area contributed by atoms with Crippen LogP contribution in [0.2, 0.25) is 0 Å². The third-order valence-electron chi connectivity index (χ3n) is 4.62. The average molecular weight is 295 g/mol. The molecule has 0 aromatic heterocycles. The van der Waals surface area contributed by atoms with Crippen LogP contribution >= 0.6 is 0 Å². The van der Waals surface area contributed by atoms with Crippen molar-refractivity contribution in [1.29, 1.82) is 0 Å². The van der Waals surface area contributed by atoms with Crippen LogP contribution in [-0.2, 0) is 0 Å². The summed E-state index contributed by atoms with van der Waals surface area (Å²) in [7, 11) is 0. The average Bonchev–Trinajstić information content (AvgIpc) is 2.49. The second-order valence-electron chi connectivity index (χ2n) is 6.80. The molecule has 126 valence electrons. The van der Waals surface area contributed by atoms with Crippen LogP contribution in [0, 0.1) is 5.92 Å². The molecule has 0 radical (unpaired) electrons. The Labute approximate surface area is 135 Å². The Morgan fingerprint density at radius 2 is 1.33 bits per heavy atom. The van der Waals surface area contributed by atoms with E-state index in [9.17, 15) is 0 Å². The van der Waals surface area contributed by atoms with E-state index in [1.165, 1.54) is 89.9 Å². The molecule has 0 rings (SSSR count). The molecule has 21 heavy (non-hydrogen) atoms. The van der Waals surface area contributed by atoms with Crippen molar-refractivity contribution < 1.29 is 0 Å². The molecule has 0 saturated heterocycles. The van der Waals surface area contributed by atoms with Crippen molar-refractivity contribution in [2.24, 2.45) is 5.92 Å². The van der Waals surface area contributed by atoms with Gasteiger partial charge >= 0.3 is 0 Å². The fraction of sp³-hybridized carbons (Fsp3) is 0.905. The Balaban J connectivity index is 4.19. The Morgan fingerprint density at radius 3 is 1.95 bits per heavy atom. The molecule has 0 aliphatic rings. The molecule has 0 heterocycles. The highest BCUT2D eigenvalue weighted by molar-refractivity contribution is 5.02. The van der Waals surface area contributed by atoms with Gasteiger partial charge in [-0.15, -0.1) is 0 Å². The summed E-state index contributed by atoms with van der Waals surface area (Å²) in [6.45, 7) is 9.26. The largest absolute Gasteiger partial charge is 0.0853 e. The third kappa shape index (κ3) is 13.1. The van der Waals surface area contributed by atoms with Crippen LogP contribution in [0.4, 0.5) is 0 Å². The monoisotopic (exact) mass is 294 g/mol. The SMILES string of the molecule is CCCCC=C(CCC)CCC(CCCC)CCCCC. The van der Waals surface area contributed by atoms with Gasteiger partial charge < -0.3 is 0 Å². The zero-order valence-electron chi connectivity index (χ0n) is 15.6. The van der Waals surface area contributed by atoms with Crippen molar-refractivity contribution in [2.45, 2.75) is 118 Å². The van der Waals surface area contributed by atoms with E-state index < -0.39 is 0 Å². The van der Waals surface area contributed by atoms with Crippen molar-refractivity contribution >= 4 is 0 Å². The number of allylic oxidation sites excluding steroid dienone is 2. The molecule has 0 saturated carbocycles. The van der Waals surface area contributed by atoms with E-state index in [0.717, 1.165) is 5.92 Å². The fourth-order valence-electron chi connectivity index (χ4n) is 3.16. The Morgan fingerprint density at radius 1 is 0.667 bits per heavy atom. The summed E-state index contributed by atoms with van der Waals surface area (Å²) in [5, 5.41) is 0. The van der Waals surface area contributed by atoms with E-state index in [0.29, 0.717) is 0 Å². The summed E-state index contributed by atoms with van der Waals surface area (Å²) in [6, 6.07) is 0. The van der Waals surface area contributed by atoms with Gasteiger partial charge in [0.15, 0.2) is 0 Å². The quantitative estimate of drug-likeness (QED) is 0.211. The first-order valence-electron chi connectivity index (χ1n) is 9.96. The minimum atomic E-state index is 0.989. The van der Waals surface area contributed by atoms with E-state index in [-0.39, 0.29) is 0 Å². The van der Waals surface area contributed by atoms with Crippen LogP contribution in [0.25, 0.3) is 0 Å². The van der Waals surface area contributed by atoms with E-state index >= 15 is 0 Å². The molecule has 0 aromatic rings. The molecule has 0 aromatic carbocycles. The van der Waals surface area contributed by atoms with E-state index in [2.05, 4.69) is 33.8 Å². The normalized spacial score (nSPS) is 13.6. The lowest BCUT2D eigenvalue weighted by molar-refractivity contribution is 0.388. The smallest absolute Gasteiger partial charge is 0.0318 e. The van der Waals surface area contributed by atoms with Crippen molar-refractivity contribution in [3.63, 3.8) is 0 Å². The molecule has 1 unspecified atom stereocenters. The van der Waals surface area contributed by atoms with Crippen LogP contribution in [0.3, 0.4) is 0 Å². The predicted octanol–water partition coefficient (Wildman–Crippen LogP) is 8.07. The van der Waals surface area contributed by atoms with Gasteiger partial charge in [0.2, 0.25) is 0 Å². The van der Waals surface area contributed by atoms with Crippen molar-refractivity contribution in [3.05, 3.63) is 11.6 Å². The Hall–Kier alpha value is -0.260. The molecule has 0 nitrogen and oxygen atoms in total. The Bertz CT molecular complexity index is 226. The molecule has 0 amide bonds. The molecule has 0 aliphatic heterocycles. The summed E-state index contributed by atoms with van der Waals surface area (Å²) in [4.78, 5) is 0. The van der Waals surface area contributed by atoms with Crippen LogP contribution in [-0.4, -0.2) is 0 Å². The standard InChI is InChI=1S/C21H42/c1-5-9-12-16-20(14-8-4)18-19-21(15-11-7-3)17-13-10-6-2/h16,21H,5-15,17-19H2,1-4H3. The number of rotatable bonds is 15. The van der Waals surface area contributed by atoms with Gasteiger partial charge in [0.05, 0.1) is 0 Å². The number of hydrogen-bond acceptors (Lipinski definition) is 0. The predicted molar refractivity (Wildman–Crippen MR) is 98.9 cm³/mol. The summed E-state index contributed by atoms with van der Waals surface area (Å²) in [5.74, 6) is 0.989. The summed E-state index contributed by atoms with van der Waals surface area (Å²) >= 11 is 0. The maximum absolute atomic E-state index is 2.57. The zero-order valence-corrected chi connectivity index (χ0v) is 15.6. The van der Waals surface area contributed by atoms with Crippen molar-refractivity contribution in [3.8, 4) is 0 Å². The first-order valence-corrected chi connectivity index (χ1v) is 9.96. The van der Waals surface area contributed by atoms with Gasteiger partial charge in [0.25, 0.3) is 0 Å². The molecule has 0 spiro atoms. The van der Waals surface area contributed by atoms with Gasteiger partial charge in [-0.1, -0.05) is 104 Å². The first-order chi connectivity index (χ1) is 10.3. The van der Waals surface area contributed by atoms with Gasteiger partial charge in [-0.05, 0) is 31.6 Å². The van der Waals surface area contributed by atoms with Crippen LogP contribution in [0.5, 0.6) is 0 Å². The van der Waals surface area contributed by atoms with E-state index in [4.69, 9.17) is 0 Å². The highest BCUT2D eigenvalue weighted by atomic mass is 14.1. The van der Waals surface area contributed by atoms with Crippen LogP contribution in [0.1, 0.15) is 118 Å². The molecule has 0 fully saturated rings. The minimum absolute atomic E-state index is 0.989. The molecule has 0 bridgehead atoms.